The van der Waals surface area contributed by atoms with Crippen molar-refractivity contribution in [2.24, 2.45) is 0 Å². The van der Waals surface area contributed by atoms with Crippen molar-refractivity contribution >= 4 is 22.9 Å². The number of carbonyl (C=O) groups excluding carboxylic acids is 1. The molecule has 1 aliphatic rings. The zero-order valence-electron chi connectivity index (χ0n) is 17.6. The normalized spacial score (nSPS) is 16.7. The molecule has 11 heteroatoms. The molecule has 32 heavy (non-hydrogen) atoms. The van der Waals surface area contributed by atoms with Crippen LogP contribution in [0.3, 0.4) is 0 Å². The molecule has 0 spiro atoms. The van der Waals surface area contributed by atoms with E-state index < -0.39 is 17.8 Å². The van der Waals surface area contributed by atoms with Gasteiger partial charge in [0.2, 0.25) is 5.95 Å². The van der Waals surface area contributed by atoms with Gasteiger partial charge in [-0.2, -0.15) is 13.2 Å². The van der Waals surface area contributed by atoms with Gasteiger partial charge >= 0.3 is 12.3 Å². The highest BCUT2D eigenvalue weighted by molar-refractivity contribution is 5.99. The Kier molecular flexibility index (Phi) is 5.92. The van der Waals surface area contributed by atoms with E-state index in [4.69, 9.17) is 4.74 Å². The predicted molar refractivity (Wildman–Crippen MR) is 114 cm³/mol. The lowest BCUT2D eigenvalue weighted by molar-refractivity contribution is -0.137. The van der Waals surface area contributed by atoms with E-state index in [1.807, 2.05) is 0 Å². The number of para-hydroxylation sites is 1. The van der Waals surface area contributed by atoms with Crippen molar-refractivity contribution in [3.8, 4) is 17.0 Å². The van der Waals surface area contributed by atoms with Crippen LogP contribution < -0.4 is 15.4 Å². The Morgan fingerprint density at radius 1 is 1.31 bits per heavy atom. The van der Waals surface area contributed by atoms with E-state index in [0.29, 0.717) is 17.4 Å². The standard InChI is InChI=1S/C21H23F3N6O2/c1-30(2)20(31)32-16-7-3-6-13-14(10-26-18(13)16)17-15(21(22,23)24)11-27-19(29-17)28-12-5-4-8-25-9-12/h3,6-7,10-12,25-26H,4-5,8-9H2,1-2H3,(H,27,28,29)/t12-/m0/s1. The molecular formula is C21H23F3N6O2. The molecule has 0 unspecified atom stereocenters. The summed E-state index contributed by atoms with van der Waals surface area (Å²) in [6, 6.07) is 4.86. The average molecular weight is 448 g/mol. The van der Waals surface area contributed by atoms with Crippen LogP contribution in [0.4, 0.5) is 23.9 Å². The van der Waals surface area contributed by atoms with Crippen LogP contribution in [0.1, 0.15) is 18.4 Å². The number of nitrogens with zero attached hydrogens (tertiary/aromatic N) is 3. The smallest absolute Gasteiger partial charge is 0.408 e. The molecule has 4 rings (SSSR count). The van der Waals surface area contributed by atoms with Crippen molar-refractivity contribution in [1.82, 2.24) is 25.2 Å². The lowest BCUT2D eigenvalue weighted by atomic mass is 10.1. The molecule has 0 aliphatic carbocycles. The minimum atomic E-state index is -4.64. The summed E-state index contributed by atoms with van der Waals surface area (Å²) in [4.78, 5) is 24.3. The zero-order valence-corrected chi connectivity index (χ0v) is 17.6. The summed E-state index contributed by atoms with van der Waals surface area (Å²) in [5.41, 5.74) is -0.555. The van der Waals surface area contributed by atoms with Crippen LogP contribution in [0.2, 0.25) is 0 Å². The molecule has 3 heterocycles. The maximum Gasteiger partial charge on any atom is 0.419 e. The molecular weight excluding hydrogens is 425 g/mol. The lowest BCUT2D eigenvalue weighted by Crippen LogP contribution is -2.38. The molecule has 1 aromatic carbocycles. The van der Waals surface area contributed by atoms with Gasteiger partial charge in [0.1, 0.15) is 5.56 Å². The summed E-state index contributed by atoms with van der Waals surface area (Å²) in [7, 11) is 3.07. The summed E-state index contributed by atoms with van der Waals surface area (Å²) in [5, 5.41) is 6.81. The van der Waals surface area contributed by atoms with E-state index in [2.05, 4.69) is 25.6 Å². The summed E-state index contributed by atoms with van der Waals surface area (Å²) in [6.45, 7) is 1.60. The van der Waals surface area contributed by atoms with Gasteiger partial charge in [-0.3, -0.25) is 0 Å². The number of rotatable bonds is 4. The highest BCUT2D eigenvalue weighted by Crippen LogP contribution is 2.40. The summed E-state index contributed by atoms with van der Waals surface area (Å²) < 4.78 is 46.7. The number of carbonyl (C=O) groups is 1. The topological polar surface area (TPSA) is 95.2 Å². The van der Waals surface area contributed by atoms with Crippen molar-refractivity contribution in [3.05, 3.63) is 36.2 Å². The molecule has 1 saturated heterocycles. The SMILES string of the molecule is CN(C)C(=O)Oc1cccc2c(-c3nc(N[C@H]4CCCNC4)ncc3C(F)(F)F)c[nH]c12. The first-order chi connectivity index (χ1) is 15.2. The Morgan fingerprint density at radius 3 is 2.81 bits per heavy atom. The second kappa shape index (κ2) is 8.65. The summed E-state index contributed by atoms with van der Waals surface area (Å²) in [5.74, 6) is 0.341. The lowest BCUT2D eigenvalue weighted by Gasteiger charge is -2.24. The van der Waals surface area contributed by atoms with Gasteiger partial charge in [-0.1, -0.05) is 12.1 Å². The van der Waals surface area contributed by atoms with Gasteiger partial charge in [0.25, 0.3) is 0 Å². The van der Waals surface area contributed by atoms with Gasteiger partial charge in [-0.05, 0) is 25.5 Å². The number of benzene rings is 1. The van der Waals surface area contributed by atoms with Crippen LogP contribution in [0, 0.1) is 0 Å². The third-order valence-corrected chi connectivity index (χ3v) is 5.22. The van der Waals surface area contributed by atoms with E-state index >= 15 is 0 Å². The Balaban J connectivity index is 1.77. The zero-order chi connectivity index (χ0) is 22.9. The van der Waals surface area contributed by atoms with Crippen LogP contribution in [0.5, 0.6) is 5.75 Å². The molecule has 8 nitrogen and oxygen atoms in total. The van der Waals surface area contributed by atoms with Crippen LogP contribution in [0.15, 0.2) is 30.6 Å². The number of hydrogen-bond acceptors (Lipinski definition) is 6. The minimum Gasteiger partial charge on any atom is -0.408 e. The number of piperidine rings is 1. The third-order valence-electron chi connectivity index (χ3n) is 5.22. The summed E-state index contributed by atoms with van der Waals surface area (Å²) in [6.07, 6.45) is -1.17. The molecule has 2 aromatic heterocycles. The Bertz CT molecular complexity index is 1120. The Morgan fingerprint density at radius 2 is 2.12 bits per heavy atom. The number of aromatic amines is 1. The van der Waals surface area contributed by atoms with Crippen molar-refractivity contribution in [3.63, 3.8) is 0 Å². The number of fused-ring (bicyclic) bond motifs is 1. The maximum atomic E-state index is 13.8. The number of anilines is 1. The molecule has 1 aliphatic heterocycles. The number of amides is 1. The van der Waals surface area contributed by atoms with Gasteiger partial charge in [0.15, 0.2) is 5.75 Å². The molecule has 0 saturated carbocycles. The van der Waals surface area contributed by atoms with Gasteiger partial charge in [-0.15, -0.1) is 0 Å². The van der Waals surface area contributed by atoms with E-state index in [-0.39, 0.29) is 29.0 Å². The monoisotopic (exact) mass is 448 g/mol. The fourth-order valence-electron chi connectivity index (χ4n) is 3.61. The van der Waals surface area contributed by atoms with Gasteiger partial charge in [-0.25, -0.2) is 14.8 Å². The first-order valence-corrected chi connectivity index (χ1v) is 10.1. The van der Waals surface area contributed by atoms with Crippen molar-refractivity contribution in [1.29, 1.82) is 0 Å². The number of aromatic nitrogens is 3. The molecule has 1 amide bonds. The fourth-order valence-corrected chi connectivity index (χ4v) is 3.61. The highest BCUT2D eigenvalue weighted by Gasteiger charge is 2.36. The first kappa shape index (κ1) is 21.9. The second-order valence-electron chi connectivity index (χ2n) is 7.78. The molecule has 3 aromatic rings. The van der Waals surface area contributed by atoms with Crippen molar-refractivity contribution in [2.75, 3.05) is 32.5 Å². The molecule has 0 radical (unpaired) electrons. The second-order valence-corrected chi connectivity index (χ2v) is 7.78. The molecule has 1 fully saturated rings. The molecule has 0 bridgehead atoms. The fraction of sp³-hybridized carbons (Fsp3) is 0.381. The maximum absolute atomic E-state index is 13.8. The third kappa shape index (κ3) is 4.47. The van der Waals surface area contributed by atoms with Gasteiger partial charge in [0.05, 0.1) is 11.2 Å². The average Bonchev–Trinajstić information content (AvgIpc) is 3.18. The minimum absolute atomic E-state index is 0.0355. The number of nitrogens with one attached hydrogen (secondary N) is 3. The van der Waals surface area contributed by atoms with E-state index in [1.54, 1.807) is 18.2 Å². The number of halogens is 3. The first-order valence-electron chi connectivity index (χ1n) is 10.1. The van der Waals surface area contributed by atoms with Crippen molar-refractivity contribution < 1.29 is 22.7 Å². The Labute approximate surface area is 182 Å². The number of H-pyrrole nitrogens is 1. The number of hydrogen-bond donors (Lipinski definition) is 3. The van der Waals surface area contributed by atoms with Crippen molar-refractivity contribution in [2.45, 2.75) is 25.1 Å². The predicted octanol–water partition coefficient (Wildman–Crippen LogP) is 3.87. The highest BCUT2D eigenvalue weighted by atomic mass is 19.4. The number of ether oxygens (including phenoxy) is 1. The van der Waals surface area contributed by atoms with Crippen LogP contribution in [-0.2, 0) is 6.18 Å². The van der Waals surface area contributed by atoms with Crippen LogP contribution in [-0.4, -0.2) is 59.2 Å². The van der Waals surface area contributed by atoms with Crippen LogP contribution >= 0.6 is 0 Å². The number of alkyl halides is 3. The van der Waals surface area contributed by atoms with E-state index in [1.165, 1.54) is 25.2 Å². The molecule has 170 valence electrons. The van der Waals surface area contributed by atoms with E-state index in [9.17, 15) is 18.0 Å². The van der Waals surface area contributed by atoms with E-state index in [0.717, 1.165) is 25.6 Å². The summed E-state index contributed by atoms with van der Waals surface area (Å²) >= 11 is 0. The largest absolute Gasteiger partial charge is 0.419 e. The van der Waals surface area contributed by atoms with Crippen LogP contribution in [0.25, 0.3) is 22.2 Å². The molecule has 3 N–H and O–H groups in total. The molecule has 1 atom stereocenters. The quantitative estimate of drug-likeness (QED) is 0.561. The van der Waals surface area contributed by atoms with Gasteiger partial charge < -0.3 is 25.3 Å². The van der Waals surface area contributed by atoms with Gasteiger partial charge in [0, 0.05) is 50.0 Å². The Hall–Kier alpha value is -3.34.